The van der Waals surface area contributed by atoms with Crippen molar-refractivity contribution >= 4 is 17.9 Å². The van der Waals surface area contributed by atoms with E-state index in [0.29, 0.717) is 19.0 Å². The number of nitrogens with zero attached hydrogens (tertiary/aromatic N) is 1. The van der Waals surface area contributed by atoms with Gasteiger partial charge in [0.15, 0.2) is 0 Å². The van der Waals surface area contributed by atoms with Crippen molar-refractivity contribution in [2.75, 3.05) is 39.3 Å². The number of amides is 3. The van der Waals surface area contributed by atoms with Crippen molar-refractivity contribution in [3.63, 3.8) is 0 Å². The van der Waals surface area contributed by atoms with Crippen LogP contribution in [0.3, 0.4) is 0 Å². The Morgan fingerprint density at radius 3 is 2.76 bits per heavy atom. The first-order chi connectivity index (χ1) is 10.0. The van der Waals surface area contributed by atoms with Gasteiger partial charge in [-0.2, -0.15) is 0 Å². The molecule has 8 nitrogen and oxygen atoms in total. The molecule has 1 aliphatic rings. The van der Waals surface area contributed by atoms with Crippen molar-refractivity contribution in [3.05, 3.63) is 0 Å². The number of hydrogen-bond acceptors (Lipinski definition) is 5. The second kappa shape index (κ2) is 9.30. The summed E-state index contributed by atoms with van der Waals surface area (Å²) in [6.07, 6.45) is 1.98. The van der Waals surface area contributed by atoms with E-state index in [0.717, 1.165) is 25.9 Å². The van der Waals surface area contributed by atoms with Gasteiger partial charge in [0.05, 0.1) is 13.1 Å². The lowest BCUT2D eigenvalue weighted by molar-refractivity contribution is -0.136. The van der Waals surface area contributed by atoms with E-state index in [1.807, 2.05) is 4.90 Å². The average Bonchev–Trinajstić information content (AvgIpc) is 2.38. The highest BCUT2D eigenvalue weighted by Crippen LogP contribution is 2.15. The van der Waals surface area contributed by atoms with Crippen molar-refractivity contribution in [2.45, 2.75) is 19.8 Å². The van der Waals surface area contributed by atoms with Crippen molar-refractivity contribution < 1.29 is 19.5 Å². The van der Waals surface area contributed by atoms with Gasteiger partial charge in [-0.3, -0.25) is 19.8 Å². The average molecular weight is 300 g/mol. The zero-order valence-corrected chi connectivity index (χ0v) is 12.4. The SMILES string of the molecule is CCNC(=O)NC(=O)CN1CCCC(CNCC(=O)O)C1. The third kappa shape index (κ3) is 7.62. The molecule has 0 aromatic carbocycles. The molecule has 21 heavy (non-hydrogen) atoms. The van der Waals surface area contributed by atoms with E-state index in [1.54, 1.807) is 6.92 Å². The Morgan fingerprint density at radius 2 is 2.10 bits per heavy atom. The molecule has 1 heterocycles. The minimum atomic E-state index is -0.871. The van der Waals surface area contributed by atoms with E-state index in [2.05, 4.69) is 16.0 Å². The van der Waals surface area contributed by atoms with Crippen molar-refractivity contribution in [2.24, 2.45) is 5.92 Å². The lowest BCUT2D eigenvalue weighted by Crippen LogP contribution is -2.47. The van der Waals surface area contributed by atoms with E-state index in [4.69, 9.17) is 5.11 Å². The molecular formula is C13H24N4O4. The van der Waals surface area contributed by atoms with Gasteiger partial charge < -0.3 is 15.7 Å². The first-order valence-corrected chi connectivity index (χ1v) is 7.23. The van der Waals surface area contributed by atoms with Gasteiger partial charge in [0.2, 0.25) is 5.91 Å². The first-order valence-electron chi connectivity index (χ1n) is 7.23. The first kappa shape index (κ1) is 17.4. The number of hydrogen-bond donors (Lipinski definition) is 4. The molecular weight excluding hydrogens is 276 g/mol. The molecule has 0 spiro atoms. The number of imide groups is 1. The molecule has 1 atom stereocenters. The standard InChI is InChI=1S/C13H24N4O4/c1-2-15-13(21)16-11(18)9-17-5-3-4-10(8-17)6-14-7-12(19)20/h10,14H,2-9H2,1H3,(H,19,20)(H2,15,16,18,21). The number of nitrogens with one attached hydrogen (secondary N) is 3. The Morgan fingerprint density at radius 1 is 1.33 bits per heavy atom. The van der Waals surface area contributed by atoms with Gasteiger partial charge in [0, 0.05) is 13.1 Å². The highest BCUT2D eigenvalue weighted by Gasteiger charge is 2.22. The molecule has 4 N–H and O–H groups in total. The fourth-order valence-corrected chi connectivity index (χ4v) is 2.42. The molecule has 0 aromatic heterocycles. The van der Waals surface area contributed by atoms with Gasteiger partial charge in [-0.1, -0.05) is 0 Å². The molecule has 1 unspecified atom stereocenters. The van der Waals surface area contributed by atoms with Gasteiger partial charge in [-0.15, -0.1) is 0 Å². The lowest BCUT2D eigenvalue weighted by Gasteiger charge is -2.32. The van der Waals surface area contributed by atoms with Crippen LogP contribution in [0.4, 0.5) is 4.79 Å². The van der Waals surface area contributed by atoms with Crippen LogP contribution in [0.1, 0.15) is 19.8 Å². The van der Waals surface area contributed by atoms with Crippen LogP contribution in [-0.4, -0.2) is 67.2 Å². The predicted octanol–water partition coefficient (Wildman–Crippen LogP) is -0.782. The van der Waals surface area contributed by atoms with E-state index >= 15 is 0 Å². The quantitative estimate of drug-likeness (QED) is 0.491. The van der Waals surface area contributed by atoms with Crippen molar-refractivity contribution in [1.82, 2.24) is 20.9 Å². The Labute approximate surface area is 124 Å². The Hall–Kier alpha value is -1.67. The lowest BCUT2D eigenvalue weighted by atomic mass is 9.98. The predicted molar refractivity (Wildman–Crippen MR) is 76.9 cm³/mol. The molecule has 0 aliphatic carbocycles. The smallest absolute Gasteiger partial charge is 0.321 e. The molecule has 8 heteroatoms. The van der Waals surface area contributed by atoms with E-state index in [1.165, 1.54) is 0 Å². The van der Waals surface area contributed by atoms with Gasteiger partial charge in [-0.25, -0.2) is 4.79 Å². The molecule has 0 saturated carbocycles. The molecule has 3 amide bonds. The molecule has 1 aliphatic heterocycles. The number of carboxylic acid groups (broad SMARTS) is 1. The number of aliphatic carboxylic acids is 1. The van der Waals surface area contributed by atoms with Gasteiger partial charge >= 0.3 is 12.0 Å². The van der Waals surface area contributed by atoms with Crippen LogP contribution in [0.15, 0.2) is 0 Å². The van der Waals surface area contributed by atoms with Gasteiger partial charge in [0.1, 0.15) is 0 Å². The Bertz CT molecular complexity index is 375. The third-order valence-corrected chi connectivity index (χ3v) is 3.27. The number of urea groups is 1. The second-order valence-electron chi connectivity index (χ2n) is 5.18. The summed E-state index contributed by atoms with van der Waals surface area (Å²) in [4.78, 5) is 35.4. The van der Waals surface area contributed by atoms with Crippen LogP contribution in [0, 0.1) is 5.92 Å². The largest absolute Gasteiger partial charge is 0.480 e. The highest BCUT2D eigenvalue weighted by molar-refractivity contribution is 5.95. The monoisotopic (exact) mass is 300 g/mol. The van der Waals surface area contributed by atoms with E-state index in [9.17, 15) is 14.4 Å². The van der Waals surface area contributed by atoms with Crippen molar-refractivity contribution in [1.29, 1.82) is 0 Å². The normalized spacial score (nSPS) is 19.0. The van der Waals surface area contributed by atoms with Crippen LogP contribution < -0.4 is 16.0 Å². The molecule has 0 aromatic rings. The molecule has 1 saturated heterocycles. The summed E-state index contributed by atoms with van der Waals surface area (Å²) in [5, 5.41) is 16.2. The maximum atomic E-state index is 11.7. The molecule has 1 fully saturated rings. The third-order valence-electron chi connectivity index (χ3n) is 3.27. The Kier molecular flexibility index (Phi) is 7.70. The van der Waals surface area contributed by atoms with Crippen LogP contribution in [0.25, 0.3) is 0 Å². The molecule has 0 bridgehead atoms. The van der Waals surface area contributed by atoms with E-state index in [-0.39, 0.29) is 19.0 Å². The summed E-state index contributed by atoms with van der Waals surface area (Å²) in [6, 6.07) is -0.473. The molecule has 120 valence electrons. The summed E-state index contributed by atoms with van der Waals surface area (Å²) in [5.74, 6) is -0.862. The van der Waals surface area contributed by atoms with Gasteiger partial charge in [-0.05, 0) is 38.8 Å². The minimum Gasteiger partial charge on any atom is -0.480 e. The maximum absolute atomic E-state index is 11.7. The summed E-state index contributed by atoms with van der Waals surface area (Å²) in [6.45, 7) is 4.57. The van der Waals surface area contributed by atoms with Crippen LogP contribution in [0.2, 0.25) is 0 Å². The van der Waals surface area contributed by atoms with Gasteiger partial charge in [0.25, 0.3) is 0 Å². The van der Waals surface area contributed by atoms with Crippen LogP contribution in [-0.2, 0) is 9.59 Å². The second-order valence-corrected chi connectivity index (χ2v) is 5.18. The van der Waals surface area contributed by atoms with Crippen LogP contribution >= 0.6 is 0 Å². The maximum Gasteiger partial charge on any atom is 0.321 e. The fraction of sp³-hybridized carbons (Fsp3) is 0.769. The highest BCUT2D eigenvalue weighted by atomic mass is 16.4. The van der Waals surface area contributed by atoms with E-state index < -0.39 is 12.0 Å². The summed E-state index contributed by atoms with van der Waals surface area (Å²) in [7, 11) is 0. The fourth-order valence-electron chi connectivity index (χ4n) is 2.42. The topological polar surface area (TPSA) is 111 Å². The zero-order chi connectivity index (χ0) is 15.7. The Balaban J connectivity index is 2.27. The number of likely N-dealkylation sites (tertiary alicyclic amines) is 1. The molecule has 0 radical (unpaired) electrons. The van der Waals surface area contributed by atoms with Crippen molar-refractivity contribution in [3.8, 4) is 0 Å². The summed E-state index contributed by atoms with van der Waals surface area (Å²) < 4.78 is 0. The summed E-state index contributed by atoms with van der Waals surface area (Å²) >= 11 is 0. The number of carboxylic acids is 1. The summed E-state index contributed by atoms with van der Waals surface area (Å²) in [5.41, 5.74) is 0. The zero-order valence-electron chi connectivity index (χ0n) is 12.4. The number of carbonyl (C=O) groups excluding carboxylic acids is 2. The minimum absolute atomic E-state index is 0.0474. The van der Waals surface area contributed by atoms with Crippen LogP contribution in [0.5, 0.6) is 0 Å². The number of rotatable bonds is 7. The molecule has 1 rings (SSSR count). The number of carbonyl (C=O) groups is 3. The number of piperidine rings is 1.